The predicted octanol–water partition coefficient (Wildman–Crippen LogP) is 3.32. The summed E-state index contributed by atoms with van der Waals surface area (Å²) in [7, 11) is 0. The van der Waals surface area contributed by atoms with Crippen LogP contribution < -0.4 is 11.3 Å². The molecule has 0 spiro atoms. The van der Waals surface area contributed by atoms with Crippen LogP contribution in [0.25, 0.3) is 10.8 Å². The van der Waals surface area contributed by atoms with Crippen molar-refractivity contribution < 1.29 is 0 Å². The van der Waals surface area contributed by atoms with Gasteiger partial charge in [0.05, 0.1) is 11.7 Å². The SMILES string of the molecule is NNC(c1nccc2ccccc12)C1CCCCC1. The number of hydrogen-bond donors (Lipinski definition) is 2. The highest BCUT2D eigenvalue weighted by Crippen LogP contribution is 2.35. The van der Waals surface area contributed by atoms with Crippen LogP contribution in [-0.2, 0) is 0 Å². The van der Waals surface area contributed by atoms with Gasteiger partial charge in [-0.1, -0.05) is 43.5 Å². The molecule has 0 aliphatic heterocycles. The van der Waals surface area contributed by atoms with Crippen molar-refractivity contribution in [3.05, 3.63) is 42.2 Å². The molecule has 3 nitrogen and oxygen atoms in total. The minimum atomic E-state index is 0.173. The van der Waals surface area contributed by atoms with Crippen molar-refractivity contribution in [2.24, 2.45) is 11.8 Å². The minimum absolute atomic E-state index is 0.173. The van der Waals surface area contributed by atoms with Crippen molar-refractivity contribution in [2.75, 3.05) is 0 Å². The van der Waals surface area contributed by atoms with Crippen LogP contribution in [0.2, 0.25) is 0 Å². The number of fused-ring (bicyclic) bond motifs is 1. The highest BCUT2D eigenvalue weighted by Gasteiger charge is 2.26. The first-order chi connectivity index (χ1) is 9.40. The molecular weight excluding hydrogens is 234 g/mol. The molecule has 0 bridgehead atoms. The van der Waals surface area contributed by atoms with Gasteiger partial charge in [-0.05, 0) is 30.2 Å². The molecule has 2 aromatic rings. The molecule has 19 heavy (non-hydrogen) atoms. The summed E-state index contributed by atoms with van der Waals surface area (Å²) in [5.74, 6) is 6.45. The van der Waals surface area contributed by atoms with E-state index in [4.69, 9.17) is 5.84 Å². The van der Waals surface area contributed by atoms with Gasteiger partial charge in [-0.3, -0.25) is 16.3 Å². The van der Waals surface area contributed by atoms with Gasteiger partial charge in [-0.15, -0.1) is 0 Å². The topological polar surface area (TPSA) is 50.9 Å². The van der Waals surface area contributed by atoms with Gasteiger partial charge in [0.2, 0.25) is 0 Å². The number of benzene rings is 1. The van der Waals surface area contributed by atoms with Crippen molar-refractivity contribution in [1.82, 2.24) is 10.4 Å². The fourth-order valence-corrected chi connectivity index (χ4v) is 3.30. The lowest BCUT2D eigenvalue weighted by molar-refractivity contribution is 0.271. The molecule has 1 aliphatic rings. The highest BCUT2D eigenvalue weighted by atomic mass is 15.2. The number of hydrogen-bond acceptors (Lipinski definition) is 3. The van der Waals surface area contributed by atoms with E-state index in [9.17, 15) is 0 Å². The average molecular weight is 255 g/mol. The third kappa shape index (κ3) is 2.48. The zero-order valence-corrected chi connectivity index (χ0v) is 11.2. The fourth-order valence-electron chi connectivity index (χ4n) is 3.30. The molecule has 1 unspecified atom stereocenters. The van der Waals surface area contributed by atoms with Crippen LogP contribution in [0.1, 0.15) is 43.8 Å². The van der Waals surface area contributed by atoms with E-state index in [0.29, 0.717) is 5.92 Å². The van der Waals surface area contributed by atoms with Crippen LogP contribution in [0.3, 0.4) is 0 Å². The van der Waals surface area contributed by atoms with E-state index in [1.54, 1.807) is 0 Å². The molecule has 0 saturated heterocycles. The molecule has 1 aliphatic carbocycles. The minimum Gasteiger partial charge on any atom is -0.271 e. The van der Waals surface area contributed by atoms with E-state index >= 15 is 0 Å². The second-order valence-corrected chi connectivity index (χ2v) is 5.46. The lowest BCUT2D eigenvalue weighted by Gasteiger charge is -2.30. The maximum atomic E-state index is 5.84. The van der Waals surface area contributed by atoms with Gasteiger partial charge < -0.3 is 0 Å². The van der Waals surface area contributed by atoms with Crippen molar-refractivity contribution in [2.45, 2.75) is 38.1 Å². The van der Waals surface area contributed by atoms with Gasteiger partial charge in [-0.25, -0.2) is 0 Å². The fraction of sp³-hybridized carbons (Fsp3) is 0.438. The second kappa shape index (κ2) is 5.68. The molecule has 100 valence electrons. The number of nitrogens with zero attached hydrogens (tertiary/aromatic N) is 1. The zero-order valence-electron chi connectivity index (χ0n) is 11.2. The van der Waals surface area contributed by atoms with Crippen LogP contribution >= 0.6 is 0 Å². The molecule has 1 aromatic carbocycles. The number of aromatic nitrogens is 1. The van der Waals surface area contributed by atoms with Crippen molar-refractivity contribution >= 4 is 10.8 Å². The highest BCUT2D eigenvalue weighted by molar-refractivity contribution is 5.84. The summed E-state index contributed by atoms with van der Waals surface area (Å²) in [5, 5.41) is 2.46. The summed E-state index contributed by atoms with van der Waals surface area (Å²) in [5.41, 5.74) is 4.12. The third-order valence-corrected chi connectivity index (χ3v) is 4.30. The van der Waals surface area contributed by atoms with E-state index in [1.165, 1.54) is 42.9 Å². The van der Waals surface area contributed by atoms with Gasteiger partial charge in [0.15, 0.2) is 0 Å². The largest absolute Gasteiger partial charge is 0.271 e. The Bertz CT molecular complexity index is 541. The molecule has 3 heteroatoms. The molecule has 1 saturated carbocycles. The molecule has 1 heterocycles. The molecule has 3 rings (SSSR count). The van der Waals surface area contributed by atoms with Gasteiger partial charge >= 0.3 is 0 Å². The Morgan fingerprint density at radius 3 is 2.68 bits per heavy atom. The van der Waals surface area contributed by atoms with Gasteiger partial charge in [0.25, 0.3) is 0 Å². The quantitative estimate of drug-likeness (QED) is 0.653. The van der Waals surface area contributed by atoms with Crippen LogP contribution in [0.15, 0.2) is 36.5 Å². The summed E-state index contributed by atoms with van der Waals surface area (Å²) in [6.45, 7) is 0. The maximum Gasteiger partial charge on any atom is 0.0667 e. The first kappa shape index (κ1) is 12.6. The predicted molar refractivity (Wildman–Crippen MR) is 78.4 cm³/mol. The maximum absolute atomic E-state index is 5.84. The van der Waals surface area contributed by atoms with Crippen LogP contribution in [-0.4, -0.2) is 4.98 Å². The summed E-state index contributed by atoms with van der Waals surface area (Å²) < 4.78 is 0. The van der Waals surface area contributed by atoms with Crippen LogP contribution in [0, 0.1) is 5.92 Å². The lowest BCUT2D eigenvalue weighted by atomic mass is 9.82. The first-order valence-corrected chi connectivity index (χ1v) is 7.20. The molecule has 1 aromatic heterocycles. The number of nitrogens with two attached hydrogens (primary N) is 1. The van der Waals surface area contributed by atoms with Gasteiger partial charge in [0.1, 0.15) is 0 Å². The van der Waals surface area contributed by atoms with E-state index in [2.05, 4.69) is 40.7 Å². The van der Waals surface area contributed by atoms with Crippen molar-refractivity contribution in [1.29, 1.82) is 0 Å². The van der Waals surface area contributed by atoms with Crippen LogP contribution in [0.4, 0.5) is 0 Å². The van der Waals surface area contributed by atoms with Crippen LogP contribution in [0.5, 0.6) is 0 Å². The Morgan fingerprint density at radius 1 is 1.11 bits per heavy atom. The summed E-state index contributed by atoms with van der Waals surface area (Å²) >= 11 is 0. The van der Waals surface area contributed by atoms with E-state index in [-0.39, 0.29) is 6.04 Å². The Kier molecular flexibility index (Phi) is 3.76. The Labute approximate surface area is 114 Å². The third-order valence-electron chi connectivity index (χ3n) is 4.30. The molecule has 1 fully saturated rings. The Balaban J connectivity index is 2.00. The number of nitrogens with one attached hydrogen (secondary N) is 1. The standard InChI is InChI=1S/C16H21N3/c17-19-15(13-7-2-1-3-8-13)16-14-9-5-4-6-12(14)10-11-18-16/h4-6,9-11,13,15,19H,1-3,7-8,17H2. The monoisotopic (exact) mass is 255 g/mol. The Morgan fingerprint density at radius 2 is 1.89 bits per heavy atom. The molecule has 0 radical (unpaired) electrons. The van der Waals surface area contributed by atoms with E-state index in [1.807, 2.05) is 6.20 Å². The van der Waals surface area contributed by atoms with E-state index in [0.717, 1.165) is 5.69 Å². The van der Waals surface area contributed by atoms with Crippen molar-refractivity contribution in [3.63, 3.8) is 0 Å². The number of hydrazine groups is 1. The zero-order chi connectivity index (χ0) is 13.1. The second-order valence-electron chi connectivity index (χ2n) is 5.46. The average Bonchev–Trinajstić information content (AvgIpc) is 2.49. The molecule has 0 amide bonds. The molecular formula is C16H21N3. The molecule has 1 atom stereocenters. The van der Waals surface area contributed by atoms with Gasteiger partial charge in [-0.2, -0.15) is 0 Å². The first-order valence-electron chi connectivity index (χ1n) is 7.20. The van der Waals surface area contributed by atoms with E-state index < -0.39 is 0 Å². The smallest absolute Gasteiger partial charge is 0.0667 e. The number of pyridine rings is 1. The summed E-state index contributed by atoms with van der Waals surface area (Å²) in [4.78, 5) is 4.61. The molecule has 3 N–H and O–H groups in total. The lowest BCUT2D eigenvalue weighted by Crippen LogP contribution is -2.35. The Hall–Kier alpha value is -1.45. The number of rotatable bonds is 3. The normalized spacial score (nSPS) is 18.6. The summed E-state index contributed by atoms with van der Waals surface area (Å²) in [6, 6.07) is 10.7. The van der Waals surface area contributed by atoms with Crippen molar-refractivity contribution in [3.8, 4) is 0 Å². The summed E-state index contributed by atoms with van der Waals surface area (Å²) in [6.07, 6.45) is 8.38. The van der Waals surface area contributed by atoms with Gasteiger partial charge in [0, 0.05) is 11.6 Å².